The van der Waals surface area contributed by atoms with Gasteiger partial charge in [0, 0.05) is 47.8 Å². The second-order valence-electron chi connectivity index (χ2n) is 6.61. The van der Waals surface area contributed by atoms with Gasteiger partial charge < -0.3 is 10.2 Å². The molecule has 138 valence electrons. The lowest BCUT2D eigenvalue weighted by Gasteiger charge is -2.39. The van der Waals surface area contributed by atoms with Crippen LogP contribution in [0, 0.1) is 6.92 Å². The third kappa shape index (κ3) is 7.47. The first-order valence-electron chi connectivity index (χ1n) is 8.58. The van der Waals surface area contributed by atoms with Gasteiger partial charge in [0.1, 0.15) is 0 Å². The van der Waals surface area contributed by atoms with E-state index in [0.717, 1.165) is 57.1 Å². The lowest BCUT2D eigenvalue weighted by Crippen LogP contribution is -2.51. The Labute approximate surface area is 172 Å². The van der Waals surface area contributed by atoms with Gasteiger partial charge >= 0.3 is 0 Å². The smallest absolute Gasteiger partial charge is 0.193 e. The van der Waals surface area contributed by atoms with Crippen molar-refractivity contribution in [1.82, 2.24) is 15.2 Å². The largest absolute Gasteiger partial charge is 0.357 e. The Morgan fingerprint density at radius 1 is 1.42 bits per heavy atom. The van der Waals surface area contributed by atoms with E-state index in [1.807, 2.05) is 0 Å². The van der Waals surface area contributed by atoms with Gasteiger partial charge in [0.25, 0.3) is 0 Å². The molecule has 1 fully saturated rings. The normalized spacial score (nSPS) is 17.5. The minimum Gasteiger partial charge on any atom is -0.357 e. The van der Waals surface area contributed by atoms with Crippen molar-refractivity contribution < 1.29 is 0 Å². The summed E-state index contributed by atoms with van der Waals surface area (Å²) >= 11 is 3.84. The zero-order valence-electron chi connectivity index (χ0n) is 15.3. The second kappa shape index (κ2) is 10.9. The predicted molar refractivity (Wildman–Crippen MR) is 119 cm³/mol. The molecule has 0 aromatic carbocycles. The fourth-order valence-electron chi connectivity index (χ4n) is 2.71. The standard InChI is InChI=1S/C17H30N4S2.HI/c1-5-18-16(21-10-11-23-17(3,4)13-21)19-9-7-6-8-15-20-14(2)12-22-15;/h12H,5-11,13H2,1-4H3,(H,18,19);1H. The van der Waals surface area contributed by atoms with Crippen LogP contribution in [0.2, 0.25) is 0 Å². The molecule has 2 rings (SSSR count). The fourth-order valence-corrected chi connectivity index (χ4v) is 4.64. The Bertz CT molecular complexity index is 516. The van der Waals surface area contributed by atoms with Crippen LogP contribution >= 0.6 is 47.1 Å². The minimum atomic E-state index is 0. The van der Waals surface area contributed by atoms with Gasteiger partial charge in [-0.25, -0.2) is 4.98 Å². The number of aryl methyl sites for hydroxylation is 2. The highest BCUT2D eigenvalue weighted by molar-refractivity contribution is 14.0. The van der Waals surface area contributed by atoms with Crippen LogP contribution in [0.3, 0.4) is 0 Å². The SMILES string of the molecule is CCNC(=NCCCCc1nc(C)cs1)N1CCSC(C)(C)C1.I. The van der Waals surface area contributed by atoms with Gasteiger partial charge in [0.15, 0.2) is 5.96 Å². The minimum absolute atomic E-state index is 0. The lowest BCUT2D eigenvalue weighted by molar-refractivity contribution is 0.375. The van der Waals surface area contributed by atoms with Crippen molar-refractivity contribution in [3.05, 3.63) is 16.1 Å². The number of rotatable bonds is 6. The van der Waals surface area contributed by atoms with Crippen molar-refractivity contribution in [3.8, 4) is 0 Å². The van der Waals surface area contributed by atoms with Gasteiger partial charge in [-0.3, -0.25) is 4.99 Å². The van der Waals surface area contributed by atoms with Crippen LogP contribution in [-0.4, -0.2) is 52.5 Å². The van der Waals surface area contributed by atoms with Crippen molar-refractivity contribution in [1.29, 1.82) is 0 Å². The van der Waals surface area contributed by atoms with E-state index in [1.54, 1.807) is 11.3 Å². The number of nitrogens with zero attached hydrogens (tertiary/aromatic N) is 3. The predicted octanol–water partition coefficient (Wildman–Crippen LogP) is 4.19. The van der Waals surface area contributed by atoms with Crippen LogP contribution in [-0.2, 0) is 6.42 Å². The van der Waals surface area contributed by atoms with Gasteiger partial charge in [-0.1, -0.05) is 0 Å². The number of halogens is 1. The Morgan fingerprint density at radius 2 is 2.21 bits per heavy atom. The van der Waals surface area contributed by atoms with Crippen LogP contribution < -0.4 is 5.32 Å². The van der Waals surface area contributed by atoms with Gasteiger partial charge in [0.2, 0.25) is 0 Å². The summed E-state index contributed by atoms with van der Waals surface area (Å²) in [6, 6.07) is 0. The van der Waals surface area contributed by atoms with Crippen molar-refractivity contribution in [2.24, 2.45) is 4.99 Å². The van der Waals surface area contributed by atoms with Gasteiger partial charge in [-0.15, -0.1) is 35.3 Å². The van der Waals surface area contributed by atoms with E-state index in [-0.39, 0.29) is 24.0 Å². The molecule has 4 nitrogen and oxygen atoms in total. The van der Waals surface area contributed by atoms with Crippen LogP contribution in [0.1, 0.15) is 44.3 Å². The van der Waals surface area contributed by atoms with E-state index >= 15 is 0 Å². The molecule has 0 aliphatic carbocycles. The quantitative estimate of drug-likeness (QED) is 0.286. The molecule has 1 aliphatic rings. The Morgan fingerprint density at radius 3 is 2.83 bits per heavy atom. The third-order valence-corrected chi connectivity index (χ3v) is 6.11. The van der Waals surface area contributed by atoms with Crippen LogP contribution in [0.4, 0.5) is 0 Å². The summed E-state index contributed by atoms with van der Waals surface area (Å²) in [6.07, 6.45) is 3.37. The molecule has 0 radical (unpaired) electrons. The third-order valence-electron chi connectivity index (χ3n) is 3.79. The topological polar surface area (TPSA) is 40.5 Å². The maximum Gasteiger partial charge on any atom is 0.193 e. The summed E-state index contributed by atoms with van der Waals surface area (Å²) in [7, 11) is 0. The number of guanidine groups is 1. The summed E-state index contributed by atoms with van der Waals surface area (Å²) in [4.78, 5) is 11.8. The van der Waals surface area contributed by atoms with Crippen LogP contribution in [0.15, 0.2) is 10.4 Å². The van der Waals surface area contributed by atoms with E-state index in [2.05, 4.69) is 60.0 Å². The van der Waals surface area contributed by atoms with E-state index < -0.39 is 0 Å². The first-order chi connectivity index (χ1) is 11.0. The highest BCUT2D eigenvalue weighted by atomic mass is 127. The van der Waals surface area contributed by atoms with Crippen LogP contribution in [0.25, 0.3) is 0 Å². The molecule has 0 atom stereocenters. The summed E-state index contributed by atoms with van der Waals surface area (Å²) in [5.41, 5.74) is 1.14. The first-order valence-corrected chi connectivity index (χ1v) is 10.4. The molecule has 1 aliphatic heterocycles. The van der Waals surface area contributed by atoms with Crippen molar-refractivity contribution >= 4 is 53.0 Å². The Hall–Kier alpha value is -0.0200. The molecule has 0 spiro atoms. The number of nitrogens with one attached hydrogen (secondary N) is 1. The van der Waals surface area contributed by atoms with E-state index in [9.17, 15) is 0 Å². The summed E-state index contributed by atoms with van der Waals surface area (Å²) < 4.78 is 0.317. The second-order valence-corrected chi connectivity index (χ2v) is 9.35. The maximum atomic E-state index is 4.84. The molecule has 0 unspecified atom stereocenters. The summed E-state index contributed by atoms with van der Waals surface area (Å²) in [5, 5.41) is 6.85. The van der Waals surface area contributed by atoms with Gasteiger partial charge in [-0.2, -0.15) is 11.8 Å². The average molecular weight is 483 g/mol. The van der Waals surface area contributed by atoms with Crippen LogP contribution in [0.5, 0.6) is 0 Å². The zero-order valence-corrected chi connectivity index (χ0v) is 19.3. The molecular weight excluding hydrogens is 451 g/mol. The molecule has 1 aromatic rings. The number of aliphatic imine (C=N–C) groups is 1. The summed E-state index contributed by atoms with van der Waals surface area (Å²) in [5.74, 6) is 2.27. The highest BCUT2D eigenvalue weighted by Crippen LogP contribution is 2.29. The first kappa shape index (κ1) is 22.0. The molecule has 0 amide bonds. The van der Waals surface area contributed by atoms with Crippen molar-refractivity contribution in [2.75, 3.05) is 31.9 Å². The Kier molecular flexibility index (Phi) is 9.96. The number of thioether (sulfide) groups is 1. The van der Waals surface area contributed by atoms with Gasteiger partial charge in [0.05, 0.1) is 5.01 Å². The molecule has 1 N–H and O–H groups in total. The zero-order chi connectivity index (χ0) is 16.7. The average Bonchev–Trinajstić information content (AvgIpc) is 2.90. The number of thiazole rings is 1. The molecular formula is C17H31IN4S2. The monoisotopic (exact) mass is 482 g/mol. The molecule has 0 bridgehead atoms. The molecule has 1 aromatic heterocycles. The van der Waals surface area contributed by atoms with E-state index in [1.165, 1.54) is 10.8 Å². The number of unbranched alkanes of at least 4 members (excludes halogenated alkanes) is 1. The molecule has 24 heavy (non-hydrogen) atoms. The summed E-state index contributed by atoms with van der Waals surface area (Å²) in [6.45, 7) is 12.8. The van der Waals surface area contributed by atoms with Gasteiger partial charge in [-0.05, 0) is 47.0 Å². The highest BCUT2D eigenvalue weighted by Gasteiger charge is 2.28. The molecule has 1 saturated heterocycles. The number of hydrogen-bond acceptors (Lipinski definition) is 4. The number of hydrogen-bond donors (Lipinski definition) is 1. The number of aromatic nitrogens is 1. The van der Waals surface area contributed by atoms with Crippen molar-refractivity contribution in [2.45, 2.75) is 51.7 Å². The molecule has 0 saturated carbocycles. The van der Waals surface area contributed by atoms with E-state index in [4.69, 9.17) is 4.99 Å². The van der Waals surface area contributed by atoms with Crippen molar-refractivity contribution in [3.63, 3.8) is 0 Å². The maximum absolute atomic E-state index is 4.84. The molecule has 7 heteroatoms. The van der Waals surface area contributed by atoms with E-state index in [0.29, 0.717) is 4.75 Å². The Balaban J connectivity index is 0.00000288. The lowest BCUT2D eigenvalue weighted by atomic mass is 10.2. The fraction of sp³-hybridized carbons (Fsp3) is 0.765. The molecule has 2 heterocycles.